The van der Waals surface area contributed by atoms with Gasteiger partial charge in [-0.25, -0.2) is 13.8 Å². The van der Waals surface area contributed by atoms with Gasteiger partial charge in [0.1, 0.15) is 18.4 Å². The van der Waals surface area contributed by atoms with Crippen molar-refractivity contribution in [2.24, 2.45) is 5.10 Å². The van der Waals surface area contributed by atoms with Crippen molar-refractivity contribution in [3.05, 3.63) is 96.1 Å². The lowest BCUT2D eigenvalue weighted by atomic mass is 10.2. The summed E-state index contributed by atoms with van der Waals surface area (Å²) in [6, 6.07) is 24.6. The van der Waals surface area contributed by atoms with Crippen LogP contribution in [0, 0.1) is 0 Å². The third kappa shape index (κ3) is 6.18. The first kappa shape index (κ1) is 23.0. The smallest absolute Gasteiger partial charge is 0.263 e. The Balaban J connectivity index is 1.68. The molecule has 0 spiro atoms. The van der Waals surface area contributed by atoms with E-state index in [0.717, 1.165) is 16.1 Å². The molecule has 7 nitrogen and oxygen atoms in total. The normalized spacial score (nSPS) is 12.3. The van der Waals surface area contributed by atoms with Gasteiger partial charge in [-0.2, -0.15) is 5.10 Å². The van der Waals surface area contributed by atoms with E-state index < -0.39 is 22.0 Å². The van der Waals surface area contributed by atoms with Gasteiger partial charge in [0.2, 0.25) is 10.0 Å². The number of hydrogen-bond acceptors (Lipinski definition) is 5. The van der Waals surface area contributed by atoms with E-state index in [0.29, 0.717) is 23.6 Å². The first-order valence-electron chi connectivity index (χ1n) is 9.99. The van der Waals surface area contributed by atoms with Crippen molar-refractivity contribution < 1.29 is 17.9 Å². The van der Waals surface area contributed by atoms with Crippen molar-refractivity contribution in [1.82, 2.24) is 5.43 Å². The number of nitrogens with zero attached hydrogens (tertiary/aromatic N) is 2. The molecule has 0 saturated carbocycles. The second-order valence-corrected chi connectivity index (χ2v) is 8.98. The zero-order valence-electron chi connectivity index (χ0n) is 17.9. The van der Waals surface area contributed by atoms with Crippen LogP contribution < -0.4 is 14.5 Å². The highest BCUT2D eigenvalue weighted by atomic mass is 32.2. The fourth-order valence-electron chi connectivity index (χ4n) is 3.10. The minimum atomic E-state index is -3.68. The van der Waals surface area contributed by atoms with Crippen molar-refractivity contribution in [3.8, 4) is 5.75 Å². The van der Waals surface area contributed by atoms with Crippen molar-refractivity contribution in [3.63, 3.8) is 0 Å². The number of benzene rings is 3. The molecule has 0 unspecified atom stereocenters. The molecular weight excluding hydrogens is 426 g/mol. The minimum absolute atomic E-state index is 0.398. The van der Waals surface area contributed by atoms with Gasteiger partial charge in [0.05, 0.1) is 18.2 Å². The molecular formula is C24H25N3O4S. The highest BCUT2D eigenvalue weighted by Crippen LogP contribution is 2.20. The lowest BCUT2D eigenvalue weighted by Crippen LogP contribution is -2.46. The average molecular weight is 452 g/mol. The van der Waals surface area contributed by atoms with Crippen molar-refractivity contribution in [2.45, 2.75) is 19.6 Å². The van der Waals surface area contributed by atoms with Gasteiger partial charge in [-0.3, -0.25) is 9.10 Å². The van der Waals surface area contributed by atoms with E-state index in [9.17, 15) is 13.2 Å². The highest BCUT2D eigenvalue weighted by molar-refractivity contribution is 7.92. The molecule has 0 aromatic heterocycles. The number of sulfonamides is 1. The molecule has 1 atom stereocenters. The number of carbonyl (C=O) groups excluding carboxylic acids is 1. The Morgan fingerprint density at radius 2 is 1.59 bits per heavy atom. The first-order chi connectivity index (χ1) is 15.4. The molecule has 0 fully saturated rings. The van der Waals surface area contributed by atoms with E-state index in [4.69, 9.17) is 4.74 Å². The average Bonchev–Trinajstić information content (AvgIpc) is 2.79. The third-order valence-corrected chi connectivity index (χ3v) is 5.88. The maximum absolute atomic E-state index is 12.6. The Labute approximate surface area is 188 Å². The molecule has 3 rings (SSSR count). The predicted octanol–water partition coefficient (Wildman–Crippen LogP) is 3.57. The molecule has 1 amide bonds. The highest BCUT2D eigenvalue weighted by Gasteiger charge is 2.28. The summed E-state index contributed by atoms with van der Waals surface area (Å²) in [6.45, 7) is 1.91. The van der Waals surface area contributed by atoms with Gasteiger partial charge in [-0.05, 0) is 36.8 Å². The molecule has 0 saturated heterocycles. The monoisotopic (exact) mass is 451 g/mol. The number of nitrogens with one attached hydrogen (secondary N) is 1. The quantitative estimate of drug-likeness (QED) is 0.398. The fourth-order valence-corrected chi connectivity index (χ4v) is 4.27. The summed E-state index contributed by atoms with van der Waals surface area (Å²) in [5.74, 6) is 0.0580. The lowest BCUT2D eigenvalue weighted by molar-refractivity contribution is -0.121. The molecule has 0 aliphatic heterocycles. The van der Waals surface area contributed by atoms with Crippen molar-refractivity contribution >= 4 is 27.8 Å². The molecule has 32 heavy (non-hydrogen) atoms. The van der Waals surface area contributed by atoms with Crippen LogP contribution in [-0.4, -0.2) is 32.8 Å². The summed E-state index contributed by atoms with van der Waals surface area (Å²) in [7, 11) is -3.68. The number of amides is 1. The molecule has 3 aromatic rings. The summed E-state index contributed by atoms with van der Waals surface area (Å²) < 4.78 is 31.5. The van der Waals surface area contributed by atoms with E-state index in [1.165, 1.54) is 13.1 Å². The van der Waals surface area contributed by atoms with E-state index in [1.54, 1.807) is 30.3 Å². The molecule has 3 aromatic carbocycles. The standard InChI is InChI=1S/C24H25N3O4S/c1-19(27(32(2,29)30)22-14-7-4-8-15-22)24(28)26-25-17-21-13-9-10-16-23(21)31-18-20-11-5-3-6-12-20/h3-17,19H,18H2,1-2H3,(H,26,28)/b25-17-/t19-/m0/s1. The van der Waals surface area contributed by atoms with Crippen LogP contribution in [-0.2, 0) is 21.4 Å². The number of ether oxygens (including phenoxy) is 1. The van der Waals surface area contributed by atoms with Crippen LogP contribution in [0.1, 0.15) is 18.1 Å². The van der Waals surface area contributed by atoms with E-state index >= 15 is 0 Å². The number of para-hydroxylation sites is 2. The number of rotatable bonds is 9. The van der Waals surface area contributed by atoms with Crippen LogP contribution in [0.3, 0.4) is 0 Å². The van der Waals surface area contributed by atoms with Crippen LogP contribution in [0.4, 0.5) is 5.69 Å². The maximum Gasteiger partial charge on any atom is 0.263 e. The number of hydrogen-bond donors (Lipinski definition) is 1. The van der Waals surface area contributed by atoms with Gasteiger partial charge >= 0.3 is 0 Å². The van der Waals surface area contributed by atoms with Crippen LogP contribution >= 0.6 is 0 Å². The Morgan fingerprint density at radius 3 is 2.25 bits per heavy atom. The van der Waals surface area contributed by atoms with E-state index in [2.05, 4.69) is 10.5 Å². The summed E-state index contributed by atoms with van der Waals surface area (Å²) in [6.07, 6.45) is 2.53. The van der Waals surface area contributed by atoms with Gasteiger partial charge in [0.25, 0.3) is 5.91 Å². The van der Waals surface area contributed by atoms with E-state index in [1.807, 2.05) is 54.6 Å². The summed E-state index contributed by atoms with van der Waals surface area (Å²) in [5, 5.41) is 4.01. The second kappa shape index (κ2) is 10.6. The molecule has 0 heterocycles. The number of hydrazone groups is 1. The Hall–Kier alpha value is -3.65. The molecule has 0 aliphatic rings. The first-order valence-corrected chi connectivity index (χ1v) is 11.8. The fraction of sp³-hybridized carbons (Fsp3) is 0.167. The third-order valence-electron chi connectivity index (χ3n) is 4.63. The SMILES string of the molecule is C[C@@H](C(=O)N/N=C\c1ccccc1OCc1ccccc1)N(c1ccccc1)S(C)(=O)=O. The van der Waals surface area contributed by atoms with Gasteiger partial charge in [-0.15, -0.1) is 0 Å². The summed E-state index contributed by atoms with van der Waals surface area (Å²) in [4.78, 5) is 12.6. The van der Waals surface area contributed by atoms with Crippen LogP contribution in [0.25, 0.3) is 0 Å². The minimum Gasteiger partial charge on any atom is -0.488 e. The van der Waals surface area contributed by atoms with Gasteiger partial charge in [0.15, 0.2) is 0 Å². The van der Waals surface area contributed by atoms with Gasteiger partial charge < -0.3 is 4.74 Å². The van der Waals surface area contributed by atoms with Gasteiger partial charge in [-0.1, -0.05) is 60.7 Å². The van der Waals surface area contributed by atoms with Crippen molar-refractivity contribution in [1.29, 1.82) is 0 Å². The summed E-state index contributed by atoms with van der Waals surface area (Å²) >= 11 is 0. The molecule has 1 N–H and O–H groups in total. The molecule has 0 aliphatic carbocycles. The molecule has 8 heteroatoms. The predicted molar refractivity (Wildman–Crippen MR) is 126 cm³/mol. The summed E-state index contributed by atoms with van der Waals surface area (Å²) in [5.41, 5.74) is 4.54. The Kier molecular flexibility index (Phi) is 7.62. The van der Waals surface area contributed by atoms with Crippen LogP contribution in [0.5, 0.6) is 5.75 Å². The zero-order chi connectivity index (χ0) is 23.0. The topological polar surface area (TPSA) is 88.1 Å². The van der Waals surface area contributed by atoms with Gasteiger partial charge in [0, 0.05) is 5.56 Å². The number of anilines is 1. The maximum atomic E-state index is 12.6. The Bertz CT molecular complexity index is 1170. The van der Waals surface area contributed by atoms with Crippen LogP contribution in [0.2, 0.25) is 0 Å². The van der Waals surface area contributed by atoms with E-state index in [-0.39, 0.29) is 0 Å². The van der Waals surface area contributed by atoms with Crippen LogP contribution in [0.15, 0.2) is 90.0 Å². The zero-order valence-corrected chi connectivity index (χ0v) is 18.7. The molecule has 166 valence electrons. The molecule has 0 bridgehead atoms. The second-order valence-electron chi connectivity index (χ2n) is 7.12. The van der Waals surface area contributed by atoms with Crippen molar-refractivity contribution in [2.75, 3.05) is 10.6 Å². The largest absolute Gasteiger partial charge is 0.488 e. The molecule has 0 radical (unpaired) electrons. The number of carbonyl (C=O) groups is 1. The lowest BCUT2D eigenvalue weighted by Gasteiger charge is -2.27. The Morgan fingerprint density at radius 1 is 1.00 bits per heavy atom.